The number of rotatable bonds is 6. The number of benzene rings is 2. The van der Waals surface area contributed by atoms with Crippen LogP contribution in [0.2, 0.25) is 5.02 Å². The first-order chi connectivity index (χ1) is 13.6. The van der Waals surface area contributed by atoms with Crippen molar-refractivity contribution < 1.29 is 32.3 Å². The normalized spacial score (nSPS) is 12.0. The lowest BCUT2D eigenvalue weighted by Crippen LogP contribution is -2.40. The summed E-state index contributed by atoms with van der Waals surface area (Å²) in [4.78, 5) is 35.8. The van der Waals surface area contributed by atoms with Gasteiger partial charge in [0.2, 0.25) is 0 Å². The van der Waals surface area contributed by atoms with E-state index >= 15 is 0 Å². The molecule has 0 bridgehead atoms. The van der Waals surface area contributed by atoms with E-state index in [2.05, 4.69) is 10.6 Å². The Morgan fingerprint density at radius 1 is 1.10 bits per heavy atom. The van der Waals surface area contributed by atoms with Crippen LogP contribution in [0.5, 0.6) is 0 Å². The molecule has 2 aromatic carbocycles. The number of amides is 2. The van der Waals surface area contributed by atoms with Crippen LogP contribution in [0.1, 0.15) is 22.8 Å². The average Bonchev–Trinajstić information content (AvgIpc) is 2.67. The molecule has 0 fully saturated rings. The van der Waals surface area contributed by atoms with Crippen LogP contribution < -0.4 is 10.6 Å². The quantitative estimate of drug-likeness (QED) is 0.688. The molecule has 0 radical (unpaired) electrons. The van der Waals surface area contributed by atoms with Crippen LogP contribution in [0.4, 0.5) is 18.9 Å². The molecular weight excluding hydrogens is 413 g/mol. The number of nitrogens with one attached hydrogen (secondary N) is 2. The molecule has 2 rings (SSSR count). The molecule has 0 aromatic heterocycles. The number of carbonyl (C=O) groups excluding carboxylic acids is 3. The van der Waals surface area contributed by atoms with Gasteiger partial charge in [-0.2, -0.15) is 13.2 Å². The first-order valence-corrected chi connectivity index (χ1v) is 8.65. The van der Waals surface area contributed by atoms with Crippen LogP contribution in [-0.4, -0.2) is 30.4 Å². The van der Waals surface area contributed by atoms with Crippen LogP contribution in [0.15, 0.2) is 48.5 Å². The zero-order valence-corrected chi connectivity index (χ0v) is 15.8. The Balaban J connectivity index is 1.89. The van der Waals surface area contributed by atoms with Gasteiger partial charge in [0.15, 0.2) is 6.61 Å². The zero-order chi connectivity index (χ0) is 21.6. The van der Waals surface area contributed by atoms with E-state index in [1.54, 1.807) is 30.3 Å². The highest BCUT2D eigenvalue weighted by atomic mass is 35.5. The zero-order valence-electron chi connectivity index (χ0n) is 15.0. The van der Waals surface area contributed by atoms with Gasteiger partial charge in [-0.3, -0.25) is 9.59 Å². The Kier molecular flexibility index (Phi) is 7.22. The maximum Gasteiger partial charge on any atom is 0.416 e. The van der Waals surface area contributed by atoms with Gasteiger partial charge in [0.25, 0.3) is 11.8 Å². The number of hydrogen-bond acceptors (Lipinski definition) is 4. The van der Waals surface area contributed by atoms with Gasteiger partial charge < -0.3 is 15.4 Å². The first-order valence-electron chi connectivity index (χ1n) is 8.27. The van der Waals surface area contributed by atoms with Crippen molar-refractivity contribution in [1.82, 2.24) is 5.32 Å². The molecule has 2 aromatic rings. The second-order valence-corrected chi connectivity index (χ2v) is 6.32. The van der Waals surface area contributed by atoms with Gasteiger partial charge in [0, 0.05) is 5.56 Å². The van der Waals surface area contributed by atoms with Crippen molar-refractivity contribution in [2.45, 2.75) is 19.1 Å². The van der Waals surface area contributed by atoms with Gasteiger partial charge in [0.05, 0.1) is 16.3 Å². The topological polar surface area (TPSA) is 84.5 Å². The molecule has 0 aliphatic rings. The lowest BCUT2D eigenvalue weighted by atomic mass is 10.2. The third-order valence-corrected chi connectivity index (χ3v) is 3.98. The average molecular weight is 429 g/mol. The number of carbonyl (C=O) groups is 3. The molecule has 2 amide bonds. The fourth-order valence-electron chi connectivity index (χ4n) is 2.17. The molecule has 0 aliphatic heterocycles. The third kappa shape index (κ3) is 6.49. The Bertz CT molecular complexity index is 904. The van der Waals surface area contributed by atoms with E-state index in [9.17, 15) is 27.6 Å². The summed E-state index contributed by atoms with van der Waals surface area (Å²) in [5, 5.41) is 4.45. The molecule has 0 saturated carbocycles. The predicted octanol–water partition coefficient (Wildman–Crippen LogP) is 3.66. The summed E-state index contributed by atoms with van der Waals surface area (Å²) in [6, 6.07) is 9.53. The van der Waals surface area contributed by atoms with Gasteiger partial charge >= 0.3 is 12.1 Å². The number of ether oxygens (including phenoxy) is 1. The number of esters is 1. The van der Waals surface area contributed by atoms with Crippen LogP contribution in [0.25, 0.3) is 0 Å². The fourth-order valence-corrected chi connectivity index (χ4v) is 2.34. The first kappa shape index (κ1) is 22.2. The van der Waals surface area contributed by atoms with Gasteiger partial charge in [-0.25, -0.2) is 4.79 Å². The molecule has 0 unspecified atom stereocenters. The molecule has 10 heteroatoms. The minimum atomic E-state index is -4.61. The highest BCUT2D eigenvalue weighted by molar-refractivity contribution is 6.33. The summed E-state index contributed by atoms with van der Waals surface area (Å²) >= 11 is 5.78. The van der Waals surface area contributed by atoms with Crippen LogP contribution in [0, 0.1) is 0 Å². The van der Waals surface area contributed by atoms with Gasteiger partial charge in [-0.15, -0.1) is 0 Å². The van der Waals surface area contributed by atoms with E-state index in [1.807, 2.05) is 0 Å². The number of anilines is 1. The highest BCUT2D eigenvalue weighted by Crippen LogP contribution is 2.33. The van der Waals surface area contributed by atoms with Gasteiger partial charge in [0.1, 0.15) is 6.04 Å². The van der Waals surface area contributed by atoms with Crippen molar-refractivity contribution in [1.29, 1.82) is 0 Å². The summed E-state index contributed by atoms with van der Waals surface area (Å²) in [7, 11) is 0. The molecule has 154 valence electrons. The monoisotopic (exact) mass is 428 g/mol. The maximum absolute atomic E-state index is 12.7. The molecule has 1 atom stereocenters. The fraction of sp³-hybridized carbons (Fsp3) is 0.211. The van der Waals surface area contributed by atoms with E-state index in [0.717, 1.165) is 12.1 Å². The van der Waals surface area contributed by atoms with Crippen molar-refractivity contribution in [2.75, 3.05) is 11.9 Å². The van der Waals surface area contributed by atoms with E-state index in [4.69, 9.17) is 16.3 Å². The van der Waals surface area contributed by atoms with Crippen molar-refractivity contribution in [3.05, 3.63) is 64.7 Å². The summed E-state index contributed by atoms with van der Waals surface area (Å²) in [6.07, 6.45) is -4.61. The van der Waals surface area contributed by atoms with Gasteiger partial charge in [-0.1, -0.05) is 29.8 Å². The summed E-state index contributed by atoms with van der Waals surface area (Å²) in [6.45, 7) is 0.599. The van der Waals surface area contributed by atoms with E-state index in [-0.39, 0.29) is 10.7 Å². The highest BCUT2D eigenvalue weighted by Gasteiger charge is 2.31. The number of halogens is 4. The number of hydrogen-bond donors (Lipinski definition) is 2. The summed E-state index contributed by atoms with van der Waals surface area (Å²) < 4.78 is 43.0. The van der Waals surface area contributed by atoms with Crippen molar-refractivity contribution >= 4 is 35.1 Å². The largest absolute Gasteiger partial charge is 0.454 e. The van der Waals surface area contributed by atoms with Crippen LogP contribution in [-0.2, 0) is 20.5 Å². The summed E-state index contributed by atoms with van der Waals surface area (Å²) in [5.74, 6) is -2.28. The Morgan fingerprint density at radius 3 is 2.38 bits per heavy atom. The second-order valence-electron chi connectivity index (χ2n) is 5.91. The lowest BCUT2D eigenvalue weighted by molar-refractivity contribution is -0.148. The van der Waals surface area contributed by atoms with Crippen LogP contribution in [0.3, 0.4) is 0 Å². The molecule has 0 heterocycles. The molecule has 0 aliphatic carbocycles. The molecular formula is C19H16ClF3N2O4. The third-order valence-electron chi connectivity index (χ3n) is 3.65. The standard InChI is InChI=1S/C19H16ClF3N2O4/c1-11(24-17(27)12-5-3-2-4-6-12)18(28)29-10-16(26)25-15-9-13(19(21,22)23)7-8-14(15)20/h2-9,11H,10H2,1H3,(H,24,27)(H,25,26)/t11-/m0/s1. The molecule has 2 N–H and O–H groups in total. The van der Waals surface area contributed by atoms with Crippen molar-refractivity contribution in [2.24, 2.45) is 0 Å². The van der Waals surface area contributed by atoms with Gasteiger partial charge in [-0.05, 0) is 37.3 Å². The van der Waals surface area contributed by atoms with Crippen molar-refractivity contribution in [3.8, 4) is 0 Å². The predicted molar refractivity (Wildman–Crippen MR) is 99.4 cm³/mol. The van der Waals surface area contributed by atoms with Crippen molar-refractivity contribution in [3.63, 3.8) is 0 Å². The number of alkyl halides is 3. The SMILES string of the molecule is C[C@H](NC(=O)c1ccccc1)C(=O)OCC(=O)Nc1cc(C(F)(F)F)ccc1Cl. The minimum Gasteiger partial charge on any atom is -0.454 e. The molecule has 29 heavy (non-hydrogen) atoms. The van der Waals surface area contributed by atoms with E-state index in [1.165, 1.54) is 6.92 Å². The Morgan fingerprint density at radius 2 is 1.76 bits per heavy atom. The lowest BCUT2D eigenvalue weighted by Gasteiger charge is -2.14. The van der Waals surface area contributed by atoms with Crippen LogP contribution >= 0.6 is 11.6 Å². The Labute approximate surface area is 169 Å². The second kappa shape index (κ2) is 9.42. The van der Waals surface area contributed by atoms with E-state index < -0.39 is 42.2 Å². The molecule has 6 nitrogen and oxygen atoms in total. The molecule has 0 spiro atoms. The smallest absolute Gasteiger partial charge is 0.416 e. The Hall–Kier alpha value is -3.07. The maximum atomic E-state index is 12.7. The summed E-state index contributed by atoms with van der Waals surface area (Å²) in [5.41, 5.74) is -0.927. The van der Waals surface area contributed by atoms with E-state index in [0.29, 0.717) is 11.6 Å². The minimum absolute atomic E-state index is 0.110. The molecule has 0 saturated heterocycles.